The Hall–Kier alpha value is -2.70. The minimum Gasteiger partial charge on any atom is -0.493 e. The fraction of sp³-hybridized carbons (Fsp3) is 0.391. The molecule has 2 atom stereocenters. The summed E-state index contributed by atoms with van der Waals surface area (Å²) in [5.41, 5.74) is 1.92. The number of hydrogen-bond acceptors (Lipinski definition) is 6. The van der Waals surface area contributed by atoms with Gasteiger partial charge in [0.1, 0.15) is 0 Å². The van der Waals surface area contributed by atoms with Crippen molar-refractivity contribution in [2.45, 2.75) is 31.5 Å². The quantitative estimate of drug-likeness (QED) is 0.599. The van der Waals surface area contributed by atoms with Crippen LogP contribution in [0, 0.1) is 0 Å². The number of aryl methyl sites for hydroxylation is 1. The van der Waals surface area contributed by atoms with Crippen LogP contribution in [0.1, 0.15) is 24.0 Å². The number of aliphatic hydroxyl groups is 2. The summed E-state index contributed by atoms with van der Waals surface area (Å²) in [6, 6.07) is 11.2. The van der Waals surface area contributed by atoms with Gasteiger partial charge in [-0.25, -0.2) is 0 Å². The van der Waals surface area contributed by atoms with Gasteiger partial charge in [-0.1, -0.05) is 24.3 Å². The van der Waals surface area contributed by atoms with Crippen LogP contribution in [0.15, 0.2) is 42.5 Å². The third-order valence-electron chi connectivity index (χ3n) is 4.65. The monoisotopic (exact) mass is 402 g/mol. The predicted octanol–water partition coefficient (Wildman–Crippen LogP) is 3.48. The Balaban J connectivity index is 1.87. The Labute approximate surface area is 172 Å². The van der Waals surface area contributed by atoms with Crippen molar-refractivity contribution in [3.63, 3.8) is 0 Å². The molecule has 0 bridgehead atoms. The van der Waals surface area contributed by atoms with Gasteiger partial charge in [-0.2, -0.15) is 0 Å². The van der Waals surface area contributed by atoms with E-state index in [0.717, 1.165) is 11.1 Å². The molecule has 2 N–H and O–H groups in total. The molecule has 6 nitrogen and oxygen atoms in total. The van der Waals surface area contributed by atoms with Gasteiger partial charge in [-0.05, 0) is 48.2 Å². The molecule has 0 saturated carbocycles. The van der Waals surface area contributed by atoms with Gasteiger partial charge in [0.05, 0.1) is 40.6 Å². The maximum absolute atomic E-state index is 10.3. The van der Waals surface area contributed by atoms with E-state index in [1.54, 1.807) is 40.6 Å². The first-order valence-corrected chi connectivity index (χ1v) is 9.48. The molecule has 6 heteroatoms. The first kappa shape index (κ1) is 22.6. The molecule has 0 aliphatic heterocycles. The average molecular weight is 402 g/mol. The van der Waals surface area contributed by atoms with E-state index < -0.39 is 12.2 Å². The number of ether oxygens (including phenoxy) is 4. The number of hydrogen-bond donors (Lipinski definition) is 2. The summed E-state index contributed by atoms with van der Waals surface area (Å²) in [5.74, 6) is 2.61. The molecule has 2 aromatic carbocycles. The van der Waals surface area contributed by atoms with Crippen molar-refractivity contribution in [3.8, 4) is 23.0 Å². The Morgan fingerprint density at radius 2 is 1.38 bits per heavy atom. The Kier molecular flexibility index (Phi) is 8.83. The largest absolute Gasteiger partial charge is 0.493 e. The molecule has 0 aliphatic rings. The van der Waals surface area contributed by atoms with E-state index in [1.165, 1.54) is 0 Å². The predicted molar refractivity (Wildman–Crippen MR) is 113 cm³/mol. The van der Waals surface area contributed by atoms with Gasteiger partial charge < -0.3 is 29.2 Å². The van der Waals surface area contributed by atoms with Gasteiger partial charge in [0.25, 0.3) is 0 Å². The van der Waals surface area contributed by atoms with Crippen molar-refractivity contribution in [2.24, 2.45) is 0 Å². The lowest BCUT2D eigenvalue weighted by Crippen LogP contribution is -2.16. The van der Waals surface area contributed by atoms with Crippen LogP contribution in [0.2, 0.25) is 0 Å². The molecular weight excluding hydrogens is 372 g/mol. The second-order valence-corrected chi connectivity index (χ2v) is 6.66. The van der Waals surface area contributed by atoms with E-state index in [-0.39, 0.29) is 6.42 Å². The summed E-state index contributed by atoms with van der Waals surface area (Å²) >= 11 is 0. The zero-order valence-corrected chi connectivity index (χ0v) is 17.4. The van der Waals surface area contributed by atoms with Crippen molar-refractivity contribution < 1.29 is 29.2 Å². The van der Waals surface area contributed by atoms with Crippen LogP contribution in [0.4, 0.5) is 0 Å². The van der Waals surface area contributed by atoms with E-state index >= 15 is 0 Å². The highest BCUT2D eigenvalue weighted by atomic mass is 16.5. The van der Waals surface area contributed by atoms with Crippen molar-refractivity contribution in [2.75, 3.05) is 28.4 Å². The lowest BCUT2D eigenvalue weighted by molar-refractivity contribution is 0.0983. The van der Waals surface area contributed by atoms with Crippen LogP contribution in [0.3, 0.4) is 0 Å². The van der Waals surface area contributed by atoms with E-state index in [2.05, 4.69) is 0 Å². The first-order valence-electron chi connectivity index (χ1n) is 9.48. The fourth-order valence-electron chi connectivity index (χ4n) is 3.02. The van der Waals surface area contributed by atoms with Crippen LogP contribution in [0.25, 0.3) is 6.08 Å². The van der Waals surface area contributed by atoms with Gasteiger partial charge in [-0.3, -0.25) is 0 Å². The second-order valence-electron chi connectivity index (χ2n) is 6.66. The summed E-state index contributed by atoms with van der Waals surface area (Å²) in [4.78, 5) is 0. The van der Waals surface area contributed by atoms with Crippen molar-refractivity contribution >= 4 is 6.08 Å². The van der Waals surface area contributed by atoms with Crippen molar-refractivity contribution in [1.29, 1.82) is 0 Å². The van der Waals surface area contributed by atoms with Crippen LogP contribution in [-0.2, 0) is 6.42 Å². The normalized spacial score (nSPS) is 13.2. The molecule has 0 saturated heterocycles. The Bertz CT molecular complexity index is 802. The summed E-state index contributed by atoms with van der Waals surface area (Å²) < 4.78 is 21.0. The minimum absolute atomic E-state index is 0.261. The van der Waals surface area contributed by atoms with Gasteiger partial charge in [-0.15, -0.1) is 0 Å². The molecule has 0 amide bonds. The van der Waals surface area contributed by atoms with Crippen molar-refractivity contribution in [3.05, 3.63) is 53.6 Å². The molecule has 0 aromatic heterocycles. The summed E-state index contributed by atoms with van der Waals surface area (Å²) in [7, 11) is 6.35. The summed E-state index contributed by atoms with van der Waals surface area (Å²) in [5, 5.41) is 20.5. The number of aliphatic hydroxyl groups excluding tert-OH is 2. The zero-order chi connectivity index (χ0) is 21.2. The molecule has 0 aliphatic carbocycles. The molecule has 0 spiro atoms. The van der Waals surface area contributed by atoms with E-state index in [1.807, 2.05) is 36.4 Å². The molecule has 2 aromatic rings. The zero-order valence-electron chi connectivity index (χ0n) is 17.4. The molecule has 0 fully saturated rings. The minimum atomic E-state index is -0.747. The third-order valence-corrected chi connectivity index (χ3v) is 4.65. The van der Waals surface area contributed by atoms with Crippen LogP contribution < -0.4 is 18.9 Å². The lowest BCUT2D eigenvalue weighted by atomic mass is 10.0. The maximum atomic E-state index is 10.3. The SMILES string of the molecule is COc1ccc(/C=C/[C@H](O)C[C@@H](O)CCc2ccc(OC)c(OC)c2)cc1OC. The van der Waals surface area contributed by atoms with Gasteiger partial charge >= 0.3 is 0 Å². The van der Waals surface area contributed by atoms with E-state index in [4.69, 9.17) is 18.9 Å². The highest BCUT2D eigenvalue weighted by Crippen LogP contribution is 2.29. The van der Waals surface area contributed by atoms with Gasteiger partial charge in [0.15, 0.2) is 23.0 Å². The first-order chi connectivity index (χ1) is 14.0. The Morgan fingerprint density at radius 1 is 0.793 bits per heavy atom. The summed E-state index contributed by atoms with van der Waals surface area (Å²) in [6.07, 6.45) is 3.58. The van der Waals surface area contributed by atoms with E-state index in [9.17, 15) is 10.2 Å². The lowest BCUT2D eigenvalue weighted by Gasteiger charge is -2.14. The third kappa shape index (κ3) is 6.69. The van der Waals surface area contributed by atoms with E-state index in [0.29, 0.717) is 35.8 Å². The highest BCUT2D eigenvalue weighted by molar-refractivity contribution is 5.56. The average Bonchev–Trinajstić information content (AvgIpc) is 2.75. The molecule has 0 unspecified atom stereocenters. The molecular formula is C23H30O6. The van der Waals surface area contributed by atoms with Crippen molar-refractivity contribution in [1.82, 2.24) is 0 Å². The molecule has 158 valence electrons. The standard InChI is InChI=1S/C23H30O6/c1-26-20-11-7-16(13-22(20)28-3)5-9-18(24)15-19(25)10-6-17-8-12-21(27-2)23(14-17)29-4/h5,7-9,11-14,18-19,24-25H,6,10,15H2,1-4H3/b9-5+/t18-,19-/m0/s1. The van der Waals surface area contributed by atoms with Crippen LogP contribution in [0.5, 0.6) is 23.0 Å². The Morgan fingerprint density at radius 3 is 2.00 bits per heavy atom. The molecule has 29 heavy (non-hydrogen) atoms. The maximum Gasteiger partial charge on any atom is 0.161 e. The molecule has 0 radical (unpaired) electrons. The van der Waals surface area contributed by atoms with Gasteiger partial charge in [0.2, 0.25) is 0 Å². The smallest absolute Gasteiger partial charge is 0.161 e. The molecule has 0 heterocycles. The number of benzene rings is 2. The highest BCUT2D eigenvalue weighted by Gasteiger charge is 2.11. The van der Waals surface area contributed by atoms with Gasteiger partial charge in [0, 0.05) is 6.42 Å². The summed E-state index contributed by atoms with van der Waals surface area (Å²) in [6.45, 7) is 0. The topological polar surface area (TPSA) is 77.4 Å². The van der Waals surface area contributed by atoms with Crippen LogP contribution >= 0.6 is 0 Å². The second kappa shape index (κ2) is 11.3. The number of methoxy groups -OCH3 is 4. The number of rotatable bonds is 11. The van der Waals surface area contributed by atoms with Crippen LogP contribution in [-0.4, -0.2) is 50.9 Å². The molecule has 2 rings (SSSR count). The fourth-order valence-corrected chi connectivity index (χ4v) is 3.02.